The minimum absolute atomic E-state index is 0.133. The lowest BCUT2D eigenvalue weighted by Crippen LogP contribution is -2.34. The fraction of sp³-hybridized carbons (Fsp3) is 0.205. The molecule has 5 rings (SSSR count). The van der Waals surface area contributed by atoms with Gasteiger partial charge in [-0.25, -0.2) is 4.58 Å². The Kier molecular flexibility index (Phi) is 10.8. The number of aryl methyl sites for hydroxylation is 1. The fourth-order valence-electron chi connectivity index (χ4n) is 6.32. The van der Waals surface area contributed by atoms with Crippen LogP contribution in [0.4, 0.5) is 5.69 Å². The van der Waals surface area contributed by atoms with E-state index in [-0.39, 0.29) is 4.90 Å². The summed E-state index contributed by atoms with van der Waals surface area (Å²) in [6.07, 6.45) is 6.27. The molecule has 0 radical (unpaired) electrons. The molecule has 0 bridgehead atoms. The molecule has 254 valence electrons. The molecule has 2 N–H and O–H groups in total. The highest BCUT2D eigenvalue weighted by atomic mass is 32.2. The van der Waals surface area contributed by atoms with Crippen LogP contribution in [0.15, 0.2) is 137 Å². The van der Waals surface area contributed by atoms with E-state index in [1.54, 1.807) is 41.3 Å². The van der Waals surface area contributed by atoms with Crippen molar-refractivity contribution in [1.82, 2.24) is 0 Å². The molecule has 0 spiro atoms. The summed E-state index contributed by atoms with van der Waals surface area (Å²) in [4.78, 5) is 1.56. The predicted molar refractivity (Wildman–Crippen MR) is 196 cm³/mol. The largest absolute Gasteiger partial charge is 0.350 e. The van der Waals surface area contributed by atoms with Crippen LogP contribution in [0.25, 0.3) is 5.57 Å². The van der Waals surface area contributed by atoms with Gasteiger partial charge in [-0.2, -0.15) is 16.8 Å². The van der Waals surface area contributed by atoms with Crippen molar-refractivity contribution in [3.63, 3.8) is 0 Å². The quantitative estimate of drug-likeness (QED) is 0.122. The predicted octanol–water partition coefficient (Wildman–Crippen LogP) is 7.65. The van der Waals surface area contributed by atoms with Gasteiger partial charge in [-0.15, -0.1) is 0 Å². The molecular weight excluding hydrogens is 657 g/mol. The van der Waals surface area contributed by atoms with Gasteiger partial charge in [0.2, 0.25) is 0 Å². The van der Waals surface area contributed by atoms with Crippen molar-refractivity contribution in [3.8, 4) is 0 Å². The first-order valence-electron chi connectivity index (χ1n) is 16.1. The fourth-order valence-corrected chi connectivity index (χ4v) is 7.96. The molecule has 1 unspecified atom stereocenters. The van der Waals surface area contributed by atoms with Crippen molar-refractivity contribution in [2.24, 2.45) is 0 Å². The average molecular weight is 698 g/mol. The highest BCUT2D eigenvalue weighted by Gasteiger charge is 2.31. The maximum atomic E-state index is 12.7. The number of rotatable bonds is 11. The van der Waals surface area contributed by atoms with Crippen LogP contribution in [0.2, 0.25) is 0 Å². The molecule has 0 saturated carbocycles. The van der Waals surface area contributed by atoms with E-state index in [4.69, 9.17) is 0 Å². The Bertz CT molecular complexity index is 2190. The zero-order valence-corrected chi connectivity index (χ0v) is 29.6. The van der Waals surface area contributed by atoms with Crippen LogP contribution in [0.5, 0.6) is 0 Å². The van der Waals surface area contributed by atoms with Crippen molar-refractivity contribution < 1.29 is 30.5 Å². The summed E-state index contributed by atoms with van der Waals surface area (Å²) in [6, 6.07) is 31.0. The summed E-state index contributed by atoms with van der Waals surface area (Å²) in [5, 5.41) is -1.26. The number of allylic oxidation sites excluding steroid dienone is 5. The molecule has 0 saturated heterocycles. The highest BCUT2D eigenvalue weighted by molar-refractivity contribution is 7.86. The molecule has 0 heterocycles. The first-order valence-corrected chi connectivity index (χ1v) is 19.0. The minimum atomic E-state index is -4.47. The van der Waals surface area contributed by atoms with Crippen molar-refractivity contribution in [1.29, 1.82) is 0 Å². The summed E-state index contributed by atoms with van der Waals surface area (Å²) < 4.78 is 70.8. The number of nitrogens with zero attached hydrogens (tertiary/aromatic N) is 2. The van der Waals surface area contributed by atoms with Gasteiger partial charge >= 0.3 is 0 Å². The van der Waals surface area contributed by atoms with Gasteiger partial charge in [-0.1, -0.05) is 78.9 Å². The molecule has 4 aromatic rings. The summed E-state index contributed by atoms with van der Waals surface area (Å²) in [7, 11) is -8.78. The zero-order chi connectivity index (χ0) is 35.3. The Labute approximate surface area is 289 Å². The summed E-state index contributed by atoms with van der Waals surface area (Å²) in [6.45, 7) is 9.44. The van der Waals surface area contributed by atoms with Gasteiger partial charge in [-0.05, 0) is 97.0 Å². The molecule has 0 amide bonds. The van der Waals surface area contributed by atoms with Crippen LogP contribution in [-0.2, 0) is 26.8 Å². The molecule has 1 aliphatic rings. The van der Waals surface area contributed by atoms with Gasteiger partial charge in [-0.3, -0.25) is 9.11 Å². The Balaban J connectivity index is 1.58. The van der Waals surface area contributed by atoms with Crippen molar-refractivity contribution >= 4 is 37.2 Å². The zero-order valence-electron chi connectivity index (χ0n) is 28.0. The lowest BCUT2D eigenvalue weighted by Gasteiger charge is -2.31. The lowest BCUT2D eigenvalue weighted by atomic mass is 9.85. The van der Waals surface area contributed by atoms with Crippen LogP contribution in [0.3, 0.4) is 0 Å². The third kappa shape index (κ3) is 8.17. The third-order valence-corrected chi connectivity index (χ3v) is 10.6. The van der Waals surface area contributed by atoms with Crippen LogP contribution in [0.1, 0.15) is 54.0 Å². The normalized spacial score (nSPS) is 16.2. The topological polar surface area (TPSA) is 115 Å². The molecule has 8 nitrogen and oxygen atoms in total. The van der Waals surface area contributed by atoms with Gasteiger partial charge < -0.3 is 4.90 Å². The molecule has 1 atom stereocenters. The van der Waals surface area contributed by atoms with E-state index in [0.717, 1.165) is 44.7 Å². The molecular formula is C39H41N2O6S2+. The Hall–Kier alpha value is -4.61. The SMILES string of the molecule is CCN(c1ccc(C(=C2C=CC(=[N+](CC)Cc3cccc(S(=O)(=O)O)c3)C=C2C)c2ccccc2)c(C)c1)C(c1ccccc1)S(=O)(=O)O. The van der Waals surface area contributed by atoms with Gasteiger partial charge in [0.1, 0.15) is 6.54 Å². The number of hydrogen-bond acceptors (Lipinski definition) is 5. The number of anilines is 1. The summed E-state index contributed by atoms with van der Waals surface area (Å²) in [5.41, 5.74) is 8.92. The van der Waals surface area contributed by atoms with E-state index in [1.165, 1.54) is 12.1 Å². The minimum Gasteiger partial charge on any atom is -0.350 e. The van der Waals surface area contributed by atoms with Gasteiger partial charge in [0, 0.05) is 29.9 Å². The van der Waals surface area contributed by atoms with Crippen LogP contribution < -0.4 is 4.90 Å². The van der Waals surface area contributed by atoms with Crippen LogP contribution in [0, 0.1) is 6.92 Å². The summed E-state index contributed by atoms with van der Waals surface area (Å²) >= 11 is 0. The average Bonchev–Trinajstić information content (AvgIpc) is 3.07. The van der Waals surface area contributed by atoms with Crippen molar-refractivity contribution in [2.75, 3.05) is 18.0 Å². The molecule has 0 aliphatic heterocycles. The first kappa shape index (κ1) is 35.7. The molecule has 0 aromatic heterocycles. The van der Waals surface area contributed by atoms with E-state index >= 15 is 0 Å². The monoisotopic (exact) mass is 697 g/mol. The number of hydrogen-bond donors (Lipinski definition) is 2. The standard InChI is InChI=1S/C39H40N2O6S2/c1-5-40(27-30-14-13-19-35(26-30)48(42,43)44)33-20-22-36(28(3)24-33)38(31-15-9-7-10-16-31)37-23-21-34(25-29(37)4)41(6-2)39(49(45,46)47)32-17-11-8-12-18-32/h7-26,39H,5-6,27H2,1-4H3,(H-,42,43,44,45,46,47)/p+1. The molecule has 0 fully saturated rings. The second-order valence-corrected chi connectivity index (χ2v) is 14.8. The van der Waals surface area contributed by atoms with Gasteiger partial charge in [0.15, 0.2) is 17.6 Å². The van der Waals surface area contributed by atoms with Gasteiger partial charge in [0.05, 0.1) is 4.90 Å². The Morgan fingerprint density at radius 2 is 1.47 bits per heavy atom. The molecule has 1 aliphatic carbocycles. The molecule has 10 heteroatoms. The van der Waals surface area contributed by atoms with E-state index in [0.29, 0.717) is 30.9 Å². The Morgan fingerprint density at radius 3 is 2.04 bits per heavy atom. The second-order valence-electron chi connectivity index (χ2n) is 11.9. The Morgan fingerprint density at radius 1 is 0.796 bits per heavy atom. The second kappa shape index (κ2) is 14.9. The molecule has 4 aromatic carbocycles. The van der Waals surface area contributed by atoms with E-state index in [9.17, 15) is 25.9 Å². The van der Waals surface area contributed by atoms with Crippen LogP contribution in [-0.4, -0.2) is 49.3 Å². The van der Waals surface area contributed by atoms with Crippen molar-refractivity contribution in [3.05, 3.63) is 160 Å². The summed E-state index contributed by atoms with van der Waals surface area (Å²) in [5.74, 6) is 0. The first-order chi connectivity index (χ1) is 23.3. The van der Waals surface area contributed by atoms with Crippen molar-refractivity contribution in [2.45, 2.75) is 44.5 Å². The molecule has 49 heavy (non-hydrogen) atoms. The smallest absolute Gasteiger partial charge is 0.294 e. The lowest BCUT2D eigenvalue weighted by molar-refractivity contribution is -0.539. The maximum absolute atomic E-state index is 12.7. The third-order valence-electron chi connectivity index (χ3n) is 8.66. The number of benzene rings is 4. The van der Waals surface area contributed by atoms with E-state index < -0.39 is 25.6 Å². The van der Waals surface area contributed by atoms with Gasteiger partial charge in [0.25, 0.3) is 20.2 Å². The maximum Gasteiger partial charge on any atom is 0.294 e. The van der Waals surface area contributed by atoms with E-state index in [1.807, 2.05) is 63.2 Å². The highest BCUT2D eigenvalue weighted by Crippen LogP contribution is 2.38. The van der Waals surface area contributed by atoms with E-state index in [2.05, 4.69) is 41.9 Å². The van der Waals surface area contributed by atoms with Crippen LogP contribution >= 0.6 is 0 Å².